The van der Waals surface area contributed by atoms with E-state index in [2.05, 4.69) is 0 Å². The van der Waals surface area contributed by atoms with E-state index in [0.29, 0.717) is 0 Å². The lowest BCUT2D eigenvalue weighted by Gasteiger charge is -2.25. The van der Waals surface area contributed by atoms with Crippen LogP contribution in [0.2, 0.25) is 0 Å². The van der Waals surface area contributed by atoms with E-state index in [-0.39, 0.29) is 12.3 Å². The summed E-state index contributed by atoms with van der Waals surface area (Å²) >= 11 is 0. The molecule has 6 nitrogen and oxygen atoms in total. The van der Waals surface area contributed by atoms with Gasteiger partial charge in [-0.2, -0.15) is 5.06 Å². The van der Waals surface area contributed by atoms with Crippen molar-refractivity contribution in [1.82, 2.24) is 5.06 Å². The number of ether oxygens (including phenoxy) is 1. The second-order valence-electron chi connectivity index (χ2n) is 4.80. The molecule has 2 atom stereocenters. The van der Waals surface area contributed by atoms with Crippen molar-refractivity contribution in [3.05, 3.63) is 0 Å². The van der Waals surface area contributed by atoms with Crippen LogP contribution in [0.5, 0.6) is 0 Å². The first-order chi connectivity index (χ1) is 8.09. The lowest BCUT2D eigenvalue weighted by molar-refractivity contribution is -0.194. The first-order valence-corrected chi connectivity index (χ1v) is 5.79. The Hall–Kier alpha value is -0.820. The van der Waals surface area contributed by atoms with Crippen molar-refractivity contribution in [3.63, 3.8) is 0 Å². The van der Waals surface area contributed by atoms with Crippen molar-refractivity contribution < 1.29 is 24.3 Å². The minimum absolute atomic E-state index is 0.0124. The van der Waals surface area contributed by atoms with Crippen molar-refractivity contribution in [2.75, 3.05) is 20.7 Å². The molecule has 0 heterocycles. The molecular weight excluding hydrogens is 238 g/mol. The minimum Gasteiger partial charge on any atom is -0.383 e. The Kier molecular flexibility index (Phi) is 6.62. The van der Waals surface area contributed by atoms with Crippen LogP contribution in [0.15, 0.2) is 0 Å². The van der Waals surface area contributed by atoms with Gasteiger partial charge < -0.3 is 9.84 Å². The number of ketones is 2. The maximum absolute atomic E-state index is 11.7. The van der Waals surface area contributed by atoms with Gasteiger partial charge in [0.15, 0.2) is 11.6 Å². The molecule has 0 aromatic rings. The molecule has 0 rings (SSSR count). The molecular formula is C12H23NO5. The van der Waals surface area contributed by atoms with Crippen molar-refractivity contribution in [3.8, 4) is 0 Å². The molecule has 0 aromatic carbocycles. The Morgan fingerprint density at radius 2 is 1.78 bits per heavy atom. The zero-order valence-electron chi connectivity index (χ0n) is 11.9. The number of likely N-dealkylation sites (N-methyl/N-ethyl adjacent to an activating group) is 1. The van der Waals surface area contributed by atoms with Crippen LogP contribution >= 0.6 is 0 Å². The summed E-state index contributed by atoms with van der Waals surface area (Å²) < 4.78 is 4.88. The Bertz CT molecular complexity index is 297. The second-order valence-corrected chi connectivity index (χ2v) is 4.80. The van der Waals surface area contributed by atoms with Crippen LogP contribution in [-0.2, 0) is 19.2 Å². The van der Waals surface area contributed by atoms with Gasteiger partial charge in [0.25, 0.3) is 0 Å². The maximum atomic E-state index is 11.7. The fourth-order valence-corrected chi connectivity index (χ4v) is 1.33. The smallest absolute Gasteiger partial charge is 0.194 e. The summed E-state index contributed by atoms with van der Waals surface area (Å²) in [6, 6.07) is 0. The van der Waals surface area contributed by atoms with E-state index in [0.717, 1.165) is 0 Å². The van der Waals surface area contributed by atoms with Crippen LogP contribution in [0.3, 0.4) is 0 Å². The average Bonchev–Trinajstić information content (AvgIpc) is 2.24. The maximum Gasteiger partial charge on any atom is 0.194 e. The van der Waals surface area contributed by atoms with Gasteiger partial charge in [-0.3, -0.25) is 14.4 Å². The number of Topliss-reactive ketones (excluding diaryl/α,β-unsaturated/α-hetero) is 2. The van der Waals surface area contributed by atoms with Crippen LogP contribution in [0, 0.1) is 0 Å². The van der Waals surface area contributed by atoms with Gasteiger partial charge in [-0.1, -0.05) is 0 Å². The molecule has 0 saturated heterocycles. The van der Waals surface area contributed by atoms with E-state index < -0.39 is 23.6 Å². The first-order valence-electron chi connectivity index (χ1n) is 5.79. The third-order valence-electron chi connectivity index (χ3n) is 2.50. The molecule has 0 bridgehead atoms. The SMILES string of the molecule is COC(C)C(=O)CN(C)OC(C)C(=O)C(C)(C)O. The number of carbonyl (C=O) groups excluding carboxylic acids is 2. The number of hydrogen-bond donors (Lipinski definition) is 1. The highest BCUT2D eigenvalue weighted by molar-refractivity contribution is 5.90. The summed E-state index contributed by atoms with van der Waals surface area (Å²) in [5.74, 6) is -0.593. The molecule has 2 unspecified atom stereocenters. The molecule has 0 saturated carbocycles. The number of nitrogens with zero attached hydrogens (tertiary/aromatic N) is 1. The highest BCUT2D eigenvalue weighted by Gasteiger charge is 2.30. The predicted molar refractivity (Wildman–Crippen MR) is 66.0 cm³/mol. The molecule has 6 heteroatoms. The summed E-state index contributed by atoms with van der Waals surface area (Å²) in [5.41, 5.74) is -1.45. The molecule has 0 spiro atoms. The Labute approximate surface area is 108 Å². The Morgan fingerprint density at radius 1 is 1.28 bits per heavy atom. The highest BCUT2D eigenvalue weighted by atomic mass is 16.7. The third-order valence-corrected chi connectivity index (χ3v) is 2.50. The van der Waals surface area contributed by atoms with Gasteiger partial charge in [0.2, 0.25) is 0 Å². The fourth-order valence-electron chi connectivity index (χ4n) is 1.33. The van der Waals surface area contributed by atoms with E-state index in [1.54, 1.807) is 14.0 Å². The van der Waals surface area contributed by atoms with Crippen LogP contribution in [0.1, 0.15) is 27.7 Å². The highest BCUT2D eigenvalue weighted by Crippen LogP contribution is 2.09. The zero-order valence-corrected chi connectivity index (χ0v) is 11.9. The predicted octanol–water partition coefficient (Wildman–Crippen LogP) is 0.182. The van der Waals surface area contributed by atoms with Crippen LogP contribution in [0.4, 0.5) is 0 Å². The van der Waals surface area contributed by atoms with E-state index in [9.17, 15) is 14.7 Å². The summed E-state index contributed by atoms with van der Waals surface area (Å²) in [4.78, 5) is 28.5. The summed E-state index contributed by atoms with van der Waals surface area (Å²) in [6.45, 7) is 5.97. The second kappa shape index (κ2) is 6.94. The number of aliphatic hydroxyl groups is 1. The number of methoxy groups -OCH3 is 1. The van der Waals surface area contributed by atoms with Crippen LogP contribution < -0.4 is 0 Å². The van der Waals surface area contributed by atoms with Gasteiger partial charge in [-0.15, -0.1) is 0 Å². The molecule has 0 aromatic heterocycles. The largest absolute Gasteiger partial charge is 0.383 e. The van der Waals surface area contributed by atoms with Gasteiger partial charge in [0.05, 0.1) is 6.54 Å². The monoisotopic (exact) mass is 261 g/mol. The van der Waals surface area contributed by atoms with Crippen molar-refractivity contribution >= 4 is 11.6 Å². The molecule has 18 heavy (non-hydrogen) atoms. The van der Waals surface area contributed by atoms with E-state index in [1.807, 2.05) is 0 Å². The lowest BCUT2D eigenvalue weighted by atomic mass is 10.0. The summed E-state index contributed by atoms with van der Waals surface area (Å²) in [7, 11) is 3.00. The van der Waals surface area contributed by atoms with Crippen LogP contribution in [-0.4, -0.2) is 60.2 Å². The number of hydrogen-bond acceptors (Lipinski definition) is 6. The molecule has 0 radical (unpaired) electrons. The number of hydroxylamine groups is 2. The van der Waals surface area contributed by atoms with Gasteiger partial charge in [0.1, 0.15) is 17.8 Å². The average molecular weight is 261 g/mol. The molecule has 0 aliphatic rings. The van der Waals surface area contributed by atoms with Crippen molar-refractivity contribution in [2.24, 2.45) is 0 Å². The lowest BCUT2D eigenvalue weighted by Crippen LogP contribution is -2.43. The summed E-state index contributed by atoms with van der Waals surface area (Å²) in [6.07, 6.45) is -1.34. The number of rotatable bonds is 8. The van der Waals surface area contributed by atoms with E-state index in [4.69, 9.17) is 9.57 Å². The first kappa shape index (κ1) is 17.2. The molecule has 1 N–H and O–H groups in total. The fraction of sp³-hybridized carbons (Fsp3) is 0.833. The zero-order chi connectivity index (χ0) is 14.5. The Morgan fingerprint density at radius 3 is 2.17 bits per heavy atom. The number of carbonyl (C=O) groups is 2. The van der Waals surface area contributed by atoms with Gasteiger partial charge in [-0.25, -0.2) is 0 Å². The topological polar surface area (TPSA) is 76.1 Å². The molecule has 0 aliphatic carbocycles. The molecule has 0 amide bonds. The van der Waals surface area contributed by atoms with Crippen LogP contribution in [0.25, 0.3) is 0 Å². The molecule has 106 valence electrons. The minimum atomic E-state index is -1.45. The quantitative estimate of drug-likeness (QED) is 0.628. The van der Waals surface area contributed by atoms with Gasteiger partial charge >= 0.3 is 0 Å². The third kappa shape index (κ3) is 5.68. The van der Waals surface area contributed by atoms with Gasteiger partial charge in [0, 0.05) is 14.2 Å². The van der Waals surface area contributed by atoms with Crippen molar-refractivity contribution in [2.45, 2.75) is 45.5 Å². The van der Waals surface area contributed by atoms with E-state index >= 15 is 0 Å². The molecule has 0 fully saturated rings. The van der Waals surface area contributed by atoms with Crippen molar-refractivity contribution in [1.29, 1.82) is 0 Å². The van der Waals surface area contributed by atoms with Gasteiger partial charge in [-0.05, 0) is 27.7 Å². The summed E-state index contributed by atoms with van der Waals surface area (Å²) in [5, 5.41) is 10.8. The normalized spacial score (nSPS) is 15.6. The van der Waals surface area contributed by atoms with E-state index in [1.165, 1.54) is 32.9 Å². The Balaban J connectivity index is 4.29. The standard InChI is InChI=1S/C12H23NO5/c1-8(17-6)10(14)7-13(5)18-9(2)11(15)12(3,4)16/h8-9,16H,7H2,1-6H3. The molecule has 0 aliphatic heterocycles.